The average Bonchev–Trinajstić information content (AvgIpc) is 1.60. The van der Waals surface area contributed by atoms with Crippen LogP contribution in [0.4, 0.5) is 0 Å². The summed E-state index contributed by atoms with van der Waals surface area (Å²) < 4.78 is 1.53. The topological polar surface area (TPSA) is 25.3 Å². The normalized spacial score (nSPS) is 12.0. The zero-order valence-corrected chi connectivity index (χ0v) is 84.5. The monoisotopic (exact) mass is 1760 g/mol. The van der Waals surface area contributed by atoms with Crippen molar-refractivity contribution in [2.24, 2.45) is 0 Å². The second-order valence-electron chi connectivity index (χ2n) is 38.0. The molecule has 3 rings (SSSR count). The molecule has 0 N–H and O–H groups in total. The number of hydrogen-bond donors (Lipinski definition) is 0. The van der Waals surface area contributed by atoms with Gasteiger partial charge in [0.2, 0.25) is 11.4 Å². The maximum atomic E-state index is 12.9. The van der Waals surface area contributed by atoms with E-state index in [0.29, 0.717) is 0 Å². The summed E-state index contributed by atoms with van der Waals surface area (Å²) in [6.07, 6.45) is 118. The van der Waals surface area contributed by atoms with E-state index in [4.69, 9.17) is 0 Å². The third-order valence-electron chi connectivity index (χ3n) is 26.1. The van der Waals surface area contributed by atoms with Crippen LogP contribution in [0.25, 0.3) is 16.9 Å². The summed E-state index contributed by atoms with van der Waals surface area (Å²) in [5.74, 6) is 21.8. The number of nitrogens with zero attached hydrogens (tertiary/aromatic N) is 2. The maximum absolute atomic E-state index is 12.9. The Balaban J connectivity index is 0.000000940. The van der Waals surface area contributed by atoms with Gasteiger partial charge in [-0.3, -0.25) is 0 Å². The molecule has 0 saturated carbocycles. The van der Waals surface area contributed by atoms with Crippen molar-refractivity contribution in [3.63, 3.8) is 0 Å². The molecule has 0 amide bonds. The smallest absolute Gasteiger partial charge is 0.0654 e. The Morgan fingerprint density at radius 3 is 0.686 bits per heavy atom. The third-order valence-corrected chi connectivity index (χ3v) is 28.3. The first-order valence-electron chi connectivity index (χ1n) is 55.1. The molecule has 0 aliphatic carbocycles. The predicted molar refractivity (Wildman–Crippen MR) is 542 cm³/mol. The molecule has 0 radical (unpaired) electrons. The molecule has 0 bridgehead atoms. The minimum atomic E-state index is 0.787. The molecule has 2 aromatic rings. The van der Waals surface area contributed by atoms with Crippen molar-refractivity contribution >= 4 is 11.4 Å². The molecule has 3 heteroatoms. The second kappa shape index (κ2) is 91.6. The van der Waals surface area contributed by atoms with E-state index in [0.717, 1.165) is 121 Å². The molecule has 698 valence electrons. The predicted octanol–water partition coefficient (Wildman–Crippen LogP) is 41.5. The van der Waals surface area contributed by atoms with Crippen molar-refractivity contribution in [1.82, 2.24) is 0 Å². The summed E-state index contributed by atoms with van der Waals surface area (Å²) in [6, 6.07) is 13.8. The van der Waals surface area contributed by atoms with Crippen molar-refractivity contribution < 1.29 is 22.7 Å². The summed E-state index contributed by atoms with van der Waals surface area (Å²) in [6.45, 7) is 18.4. The summed E-state index contributed by atoms with van der Waals surface area (Å²) in [4.78, 5) is 3.10. The molecule has 0 unspecified atom stereocenters. The quantitative estimate of drug-likeness (QED) is 0.0273. The van der Waals surface area contributed by atoms with E-state index < -0.39 is 0 Å². The van der Waals surface area contributed by atoms with Crippen molar-refractivity contribution in [2.75, 3.05) is 0 Å². The molecule has 121 heavy (non-hydrogen) atoms. The van der Waals surface area contributed by atoms with Gasteiger partial charge in [0, 0.05) is 47.1 Å². The third kappa shape index (κ3) is 69.6. The van der Waals surface area contributed by atoms with Gasteiger partial charge >= 0.3 is 169 Å². The first kappa shape index (κ1) is 114. The number of benzene rings is 2. The van der Waals surface area contributed by atoms with Crippen LogP contribution in [0.1, 0.15) is 628 Å². The van der Waals surface area contributed by atoms with Crippen molar-refractivity contribution in [2.45, 2.75) is 617 Å². The molecule has 2 aromatic carbocycles. The molecule has 0 spiro atoms. The zero-order chi connectivity index (χ0) is 86.8. The number of unbranched alkanes of at least 4 members (excludes halogenated alkanes) is 76. The Labute approximate surface area is 768 Å². The van der Waals surface area contributed by atoms with Crippen LogP contribution >= 0.6 is 0 Å². The van der Waals surface area contributed by atoms with Gasteiger partial charge in [-0.15, -0.1) is 0 Å². The van der Waals surface area contributed by atoms with E-state index >= 15 is 0 Å². The van der Waals surface area contributed by atoms with Crippen LogP contribution in [0.2, 0.25) is 9.79 Å². The van der Waals surface area contributed by atoms with Crippen molar-refractivity contribution in [3.05, 3.63) is 86.5 Å². The fourth-order valence-corrected chi connectivity index (χ4v) is 20.0. The zero-order valence-electron chi connectivity index (χ0n) is 82.9. The van der Waals surface area contributed by atoms with E-state index in [1.165, 1.54) is 510 Å². The van der Waals surface area contributed by atoms with Gasteiger partial charge < -0.3 is 5.53 Å². The van der Waals surface area contributed by atoms with Gasteiger partial charge in [-0.25, -0.2) is 4.70 Å². The standard InChI is InChI=1S/C74H116N2.2C22H45.Pd/c1-7-13-18-23-26-29-32-33-34-35-36-39-42-45-48-53-58-72-71(12-6)73(69-61-65(54-49-21-16-10-4)59-66(62-69)55-50-22-17-11-5)76(75)74(72)70-63-67(56-51-46-43-40-37-30-27-24-19-14-8-2)60-68(64-70)57-52-47-44-41-38-31-28-25-20-15-9-3;2*1-3-5-7-9-11-13-15-17-19-21-22-20-18-16-14-12-10-8-6-4-2;/h59-64H,7-50,54-55H2,1-6H3;2*1,3-22H2,2H3;. The summed E-state index contributed by atoms with van der Waals surface area (Å²) in [7, 11) is 0. The Kier molecular flexibility index (Phi) is 86.3. The van der Waals surface area contributed by atoms with Crippen LogP contribution in [0.15, 0.2) is 47.5 Å². The number of hydrogen-bond acceptors (Lipinski definition) is 0. The SMILES string of the molecule is CCCCCCCCCCCC#Cc1cc(C#CCCCCCCCCCCC)cc(C2=C(C#CCCCCCCCCCCCCCCCC)C(CC)=C(c3cc(CCCCCC)cc(CCCCCC)c3)[N+]2=[N-])c1.CCCCCCCCCCCCCCCCCCCCC[CH2][Pd][CH2]CCCCCCCCCCCCCCCCCCCCC. The van der Waals surface area contributed by atoms with E-state index in [2.05, 4.69) is 127 Å². The van der Waals surface area contributed by atoms with Crippen LogP contribution in [0.3, 0.4) is 0 Å². The molecule has 0 fully saturated rings. The van der Waals surface area contributed by atoms with E-state index in [1.807, 2.05) is 0 Å². The number of rotatable bonds is 87. The van der Waals surface area contributed by atoms with Gasteiger partial charge in [-0.05, 0) is 92.8 Å². The van der Waals surface area contributed by atoms with E-state index in [-0.39, 0.29) is 0 Å². The summed E-state index contributed by atoms with van der Waals surface area (Å²) in [5.41, 5.74) is 23.5. The second-order valence-corrected chi connectivity index (χ2v) is 40.3. The van der Waals surface area contributed by atoms with Crippen LogP contribution in [0.5, 0.6) is 0 Å². The molecule has 1 aliphatic heterocycles. The van der Waals surface area contributed by atoms with E-state index in [1.54, 1.807) is 9.79 Å². The summed E-state index contributed by atoms with van der Waals surface area (Å²) >= 11 is 1.06. The van der Waals surface area contributed by atoms with Crippen LogP contribution < -0.4 is 0 Å². The Morgan fingerprint density at radius 1 is 0.223 bits per heavy atom. The Morgan fingerprint density at radius 2 is 0.438 bits per heavy atom. The molecule has 2 nitrogen and oxygen atoms in total. The number of aryl methyl sites for hydroxylation is 2. The van der Waals surface area contributed by atoms with Crippen molar-refractivity contribution in [1.29, 1.82) is 0 Å². The van der Waals surface area contributed by atoms with Gasteiger partial charge in [-0.1, -0.05) is 437 Å². The molecular formula is C118H206N2Pd. The van der Waals surface area contributed by atoms with Gasteiger partial charge in [0.1, 0.15) is 5.57 Å². The number of allylic oxidation sites excluding steroid dienone is 2. The minimum absolute atomic E-state index is 0.787. The molecule has 1 aliphatic rings. The van der Waals surface area contributed by atoms with Gasteiger partial charge in [0.15, 0.2) is 0 Å². The molecular weight excluding hydrogens is 1550 g/mol. The van der Waals surface area contributed by atoms with Crippen LogP contribution in [0, 0.1) is 35.5 Å². The van der Waals surface area contributed by atoms with Gasteiger partial charge in [0.05, 0.1) is 0 Å². The van der Waals surface area contributed by atoms with E-state index in [9.17, 15) is 5.53 Å². The van der Waals surface area contributed by atoms with Crippen LogP contribution in [-0.2, 0) is 30.8 Å². The van der Waals surface area contributed by atoms with Crippen LogP contribution in [-0.4, -0.2) is 4.70 Å². The van der Waals surface area contributed by atoms with Crippen molar-refractivity contribution in [3.8, 4) is 35.5 Å². The fraction of sp³-hybridized carbons (Fsp3) is 0.814. The first-order valence-corrected chi connectivity index (χ1v) is 57.3. The Bertz CT molecular complexity index is 2730. The fourth-order valence-electron chi connectivity index (χ4n) is 18.1. The molecule has 1 heterocycles. The minimum Gasteiger partial charge on any atom is -0.0654 e. The van der Waals surface area contributed by atoms with Gasteiger partial charge in [-0.2, -0.15) is 0 Å². The first-order chi connectivity index (χ1) is 59.9. The molecule has 0 saturated heterocycles. The average molecular weight is 1760 g/mol. The molecule has 0 aromatic heterocycles. The Hall–Kier alpha value is -3.14. The molecule has 0 atom stereocenters. The van der Waals surface area contributed by atoms with Gasteiger partial charge in [0.25, 0.3) is 0 Å². The summed E-state index contributed by atoms with van der Waals surface area (Å²) in [5, 5.41) is 0.